The van der Waals surface area contributed by atoms with Crippen molar-refractivity contribution in [3.05, 3.63) is 30.3 Å². The molecule has 3 fully saturated rings. The summed E-state index contributed by atoms with van der Waals surface area (Å²) in [6.45, 7) is 9.55. The molecule has 3 N–H and O–H groups in total. The van der Waals surface area contributed by atoms with Gasteiger partial charge in [0.25, 0.3) is 0 Å². The van der Waals surface area contributed by atoms with Crippen molar-refractivity contribution in [2.24, 2.45) is 17.8 Å². The number of fused-ring (bicyclic) bond motifs is 1. The van der Waals surface area contributed by atoms with Crippen LogP contribution in [-0.4, -0.2) is 62.0 Å². The average molecular weight is 474 g/mol. The molecule has 33 heavy (non-hydrogen) atoms. The summed E-state index contributed by atoms with van der Waals surface area (Å²) in [5.74, 6) is -1.55. The predicted molar refractivity (Wildman–Crippen MR) is 130 cm³/mol. The molecule has 3 aliphatic heterocycles. The van der Waals surface area contributed by atoms with Crippen LogP contribution in [0.1, 0.15) is 47.5 Å². The van der Waals surface area contributed by atoms with E-state index in [0.29, 0.717) is 12.1 Å². The first-order valence-corrected chi connectivity index (χ1v) is 12.7. The zero-order chi connectivity index (χ0) is 24.1. The van der Waals surface area contributed by atoms with Crippen molar-refractivity contribution in [1.29, 1.82) is 0 Å². The van der Waals surface area contributed by atoms with Crippen molar-refractivity contribution >= 4 is 35.2 Å². The lowest BCUT2D eigenvalue weighted by Crippen LogP contribution is -2.60. The summed E-state index contributed by atoms with van der Waals surface area (Å²) in [5.41, 5.74) is 0.235. The van der Waals surface area contributed by atoms with E-state index in [0.717, 1.165) is 6.42 Å². The molecule has 0 aliphatic carbocycles. The molecule has 2 bridgehead atoms. The minimum Gasteiger partial charge on any atom is -0.394 e. The van der Waals surface area contributed by atoms with Gasteiger partial charge in [0.05, 0.1) is 29.2 Å². The van der Waals surface area contributed by atoms with E-state index >= 15 is 0 Å². The number of likely N-dealkylation sites (tertiary alicyclic amines) is 1. The summed E-state index contributed by atoms with van der Waals surface area (Å²) in [6, 6.07) is 8.09. The van der Waals surface area contributed by atoms with Crippen molar-refractivity contribution in [2.45, 2.75) is 75.1 Å². The molecule has 3 amide bonds. The molecule has 7 nitrogen and oxygen atoms in total. The summed E-state index contributed by atoms with van der Waals surface area (Å²) in [4.78, 5) is 42.7. The Bertz CT molecular complexity index is 929. The van der Waals surface area contributed by atoms with Gasteiger partial charge in [0, 0.05) is 16.5 Å². The lowest BCUT2D eigenvalue weighted by atomic mass is 9.65. The van der Waals surface area contributed by atoms with E-state index in [-0.39, 0.29) is 35.5 Å². The highest BCUT2D eigenvalue weighted by molar-refractivity contribution is 8.02. The third-order valence-electron chi connectivity index (χ3n) is 7.35. The number of benzene rings is 1. The molecule has 4 rings (SSSR count). The monoisotopic (exact) mass is 473 g/mol. The molecule has 0 saturated carbocycles. The molecule has 1 aromatic rings. The van der Waals surface area contributed by atoms with Gasteiger partial charge in [0.1, 0.15) is 6.04 Å². The number of amides is 3. The molecule has 8 heteroatoms. The molecule has 1 aromatic carbocycles. The number of nitrogens with one attached hydrogen (secondary N) is 2. The van der Waals surface area contributed by atoms with Crippen molar-refractivity contribution in [3.8, 4) is 0 Å². The maximum absolute atomic E-state index is 14.0. The van der Waals surface area contributed by atoms with Crippen LogP contribution in [0.15, 0.2) is 30.3 Å². The van der Waals surface area contributed by atoms with E-state index in [1.807, 2.05) is 58.0 Å². The molecule has 3 unspecified atom stereocenters. The quantitative estimate of drug-likeness (QED) is 0.590. The Morgan fingerprint density at radius 1 is 1.24 bits per heavy atom. The topological polar surface area (TPSA) is 98.7 Å². The number of rotatable bonds is 6. The number of carbonyl (C=O) groups is 3. The van der Waals surface area contributed by atoms with Gasteiger partial charge in [-0.25, -0.2) is 0 Å². The fourth-order valence-corrected chi connectivity index (χ4v) is 8.46. The minimum absolute atomic E-state index is 0.0149. The van der Waals surface area contributed by atoms with E-state index in [9.17, 15) is 19.5 Å². The van der Waals surface area contributed by atoms with E-state index in [1.165, 1.54) is 0 Å². The Balaban J connectivity index is 1.75. The second kappa shape index (κ2) is 8.62. The van der Waals surface area contributed by atoms with E-state index in [2.05, 4.69) is 17.6 Å². The molecule has 0 radical (unpaired) electrons. The SMILES string of the molecule is CC[C@@H](CO)N1C(=O)[C@@H]2[C@@H](C(=O)Nc3ccccc3)[C@H]3CC(C)C2(S3)C1C(=O)NC(C)(C)C. The van der Waals surface area contributed by atoms with Gasteiger partial charge in [-0.1, -0.05) is 32.0 Å². The van der Waals surface area contributed by atoms with Gasteiger partial charge in [-0.3, -0.25) is 14.4 Å². The summed E-state index contributed by atoms with van der Waals surface area (Å²) in [5, 5.41) is 16.2. The first-order valence-electron chi connectivity index (χ1n) is 11.8. The average Bonchev–Trinajstić information content (AvgIpc) is 3.33. The fourth-order valence-electron chi connectivity index (χ4n) is 6.05. The first-order chi connectivity index (χ1) is 15.5. The van der Waals surface area contributed by atoms with E-state index < -0.39 is 34.2 Å². The van der Waals surface area contributed by atoms with Crippen molar-refractivity contribution in [3.63, 3.8) is 0 Å². The Morgan fingerprint density at radius 2 is 1.91 bits per heavy atom. The molecular weight excluding hydrogens is 438 g/mol. The zero-order valence-electron chi connectivity index (χ0n) is 20.0. The predicted octanol–water partition coefficient (Wildman–Crippen LogP) is 2.65. The van der Waals surface area contributed by atoms with Crippen LogP contribution < -0.4 is 10.6 Å². The lowest BCUT2D eigenvalue weighted by molar-refractivity contribution is -0.142. The second-order valence-electron chi connectivity index (χ2n) is 10.6. The maximum Gasteiger partial charge on any atom is 0.244 e. The Hall–Kier alpha value is -2.06. The van der Waals surface area contributed by atoms with Gasteiger partial charge in [-0.05, 0) is 51.7 Å². The zero-order valence-corrected chi connectivity index (χ0v) is 20.8. The van der Waals surface area contributed by atoms with Crippen LogP contribution in [0.4, 0.5) is 5.69 Å². The number of para-hydroxylation sites is 1. The number of hydrogen-bond donors (Lipinski definition) is 3. The highest BCUT2D eigenvalue weighted by Crippen LogP contribution is 2.68. The Labute approximate surface area is 200 Å². The number of thioether (sulfide) groups is 1. The molecule has 7 atom stereocenters. The summed E-state index contributed by atoms with van der Waals surface area (Å²) >= 11 is 1.65. The van der Waals surface area contributed by atoms with Gasteiger partial charge in [-0.15, -0.1) is 11.8 Å². The van der Waals surface area contributed by atoms with Crippen LogP contribution in [-0.2, 0) is 14.4 Å². The molecule has 3 saturated heterocycles. The van der Waals surface area contributed by atoms with Crippen LogP contribution in [0.25, 0.3) is 0 Å². The van der Waals surface area contributed by atoms with Gasteiger partial charge in [-0.2, -0.15) is 0 Å². The number of carbonyl (C=O) groups excluding carboxylic acids is 3. The normalized spacial score (nSPS) is 33.7. The van der Waals surface area contributed by atoms with Gasteiger partial charge in [0.2, 0.25) is 17.7 Å². The number of aliphatic hydroxyl groups is 1. The van der Waals surface area contributed by atoms with Crippen LogP contribution in [0, 0.1) is 17.8 Å². The summed E-state index contributed by atoms with van der Waals surface area (Å²) in [7, 11) is 0. The van der Waals surface area contributed by atoms with Crippen LogP contribution in [0.2, 0.25) is 0 Å². The van der Waals surface area contributed by atoms with Crippen LogP contribution in [0.5, 0.6) is 0 Å². The molecule has 1 spiro atoms. The number of aliphatic hydroxyl groups excluding tert-OH is 1. The number of nitrogens with zero attached hydrogens (tertiary/aromatic N) is 1. The van der Waals surface area contributed by atoms with Gasteiger partial charge < -0.3 is 20.6 Å². The molecular formula is C25H35N3O4S. The molecule has 0 aromatic heterocycles. The molecule has 3 heterocycles. The van der Waals surface area contributed by atoms with Crippen molar-refractivity contribution < 1.29 is 19.5 Å². The van der Waals surface area contributed by atoms with Crippen molar-refractivity contribution in [1.82, 2.24) is 10.2 Å². The second-order valence-corrected chi connectivity index (χ2v) is 12.2. The standard InChI is InChI=1S/C25H35N3O4S/c1-6-16(13-29)28-20(22(31)27-24(3,4)5)25-14(2)12-17(33-25)18(19(25)23(28)32)21(30)26-15-10-8-7-9-11-15/h7-11,14,16-20,29H,6,12-13H2,1-5H3,(H,26,30)(H,27,31)/t14?,16-,17+,18-,19-,20?,25?/m0/s1. The third-order valence-corrected chi connectivity index (χ3v) is 9.43. The smallest absolute Gasteiger partial charge is 0.244 e. The maximum atomic E-state index is 14.0. The summed E-state index contributed by atoms with van der Waals surface area (Å²) < 4.78 is -0.682. The van der Waals surface area contributed by atoms with Gasteiger partial charge in [0.15, 0.2) is 0 Å². The van der Waals surface area contributed by atoms with E-state index in [4.69, 9.17) is 0 Å². The van der Waals surface area contributed by atoms with E-state index in [1.54, 1.807) is 16.7 Å². The van der Waals surface area contributed by atoms with Crippen LogP contribution >= 0.6 is 11.8 Å². The van der Waals surface area contributed by atoms with Crippen molar-refractivity contribution in [2.75, 3.05) is 11.9 Å². The fraction of sp³-hybridized carbons (Fsp3) is 0.640. The van der Waals surface area contributed by atoms with Gasteiger partial charge >= 0.3 is 0 Å². The highest BCUT2D eigenvalue weighted by Gasteiger charge is 2.76. The van der Waals surface area contributed by atoms with Crippen LogP contribution in [0.3, 0.4) is 0 Å². The molecule has 180 valence electrons. The highest BCUT2D eigenvalue weighted by atomic mass is 32.2. The largest absolute Gasteiger partial charge is 0.394 e. The third kappa shape index (κ3) is 3.85. The first kappa shape index (κ1) is 24.1. The Kier molecular flexibility index (Phi) is 6.29. The molecule has 3 aliphatic rings. The minimum atomic E-state index is -0.717. The lowest BCUT2D eigenvalue weighted by Gasteiger charge is -2.41. The number of hydrogen-bond acceptors (Lipinski definition) is 5. The Morgan fingerprint density at radius 3 is 2.48 bits per heavy atom. The number of anilines is 1. The summed E-state index contributed by atoms with van der Waals surface area (Å²) in [6.07, 6.45) is 1.32.